The van der Waals surface area contributed by atoms with Gasteiger partial charge in [-0.05, 0) is 30.7 Å². The van der Waals surface area contributed by atoms with Gasteiger partial charge in [-0.25, -0.2) is 4.68 Å². The molecule has 0 radical (unpaired) electrons. The summed E-state index contributed by atoms with van der Waals surface area (Å²) in [5.74, 6) is 1.02. The van der Waals surface area contributed by atoms with Gasteiger partial charge in [0.05, 0.1) is 25.5 Å². The van der Waals surface area contributed by atoms with Crippen molar-refractivity contribution >= 4 is 5.91 Å². The van der Waals surface area contributed by atoms with Gasteiger partial charge in [0.2, 0.25) is 0 Å². The molecule has 1 heterocycles. The molecule has 0 spiro atoms. The SMILES string of the molecule is COc1cccc(CNC(=O)c2cn(-c3ccccc3)nc2-c2ccccc2C)c1OC. The predicted molar refractivity (Wildman–Crippen MR) is 124 cm³/mol. The number of rotatable bonds is 7. The summed E-state index contributed by atoms with van der Waals surface area (Å²) < 4.78 is 12.6. The van der Waals surface area contributed by atoms with Crippen LogP contribution in [-0.4, -0.2) is 29.9 Å². The second kappa shape index (κ2) is 9.39. The van der Waals surface area contributed by atoms with Crippen LogP contribution in [0, 0.1) is 6.92 Å². The molecule has 3 aromatic carbocycles. The van der Waals surface area contributed by atoms with E-state index in [1.165, 1.54) is 0 Å². The lowest BCUT2D eigenvalue weighted by molar-refractivity contribution is 0.0951. The Morgan fingerprint density at radius 2 is 1.69 bits per heavy atom. The standard InChI is InChI=1S/C26H25N3O3/c1-18-10-7-8-14-21(18)24-22(17-29(28-24)20-12-5-4-6-13-20)26(30)27-16-19-11-9-15-23(31-2)25(19)32-3/h4-15,17H,16H2,1-3H3,(H,27,30). The van der Waals surface area contributed by atoms with Crippen molar-refractivity contribution in [3.63, 3.8) is 0 Å². The Balaban J connectivity index is 1.69. The molecule has 1 N–H and O–H groups in total. The molecule has 0 saturated carbocycles. The molecule has 0 fully saturated rings. The normalized spacial score (nSPS) is 10.6. The van der Waals surface area contributed by atoms with Crippen molar-refractivity contribution < 1.29 is 14.3 Å². The van der Waals surface area contributed by atoms with Crippen LogP contribution in [0.15, 0.2) is 79.0 Å². The largest absolute Gasteiger partial charge is 0.493 e. The molecule has 4 rings (SSSR count). The van der Waals surface area contributed by atoms with Crippen LogP contribution in [0.3, 0.4) is 0 Å². The van der Waals surface area contributed by atoms with Crippen LogP contribution in [-0.2, 0) is 6.54 Å². The van der Waals surface area contributed by atoms with Crippen molar-refractivity contribution in [2.45, 2.75) is 13.5 Å². The highest BCUT2D eigenvalue weighted by Gasteiger charge is 2.20. The molecular weight excluding hydrogens is 402 g/mol. The first-order chi connectivity index (χ1) is 15.6. The van der Waals surface area contributed by atoms with Gasteiger partial charge in [0.15, 0.2) is 11.5 Å². The molecule has 0 unspecified atom stereocenters. The van der Waals surface area contributed by atoms with Gasteiger partial charge >= 0.3 is 0 Å². The van der Waals surface area contributed by atoms with E-state index in [1.807, 2.05) is 79.7 Å². The molecule has 32 heavy (non-hydrogen) atoms. The first-order valence-electron chi connectivity index (χ1n) is 10.3. The monoisotopic (exact) mass is 427 g/mol. The molecule has 4 aromatic rings. The smallest absolute Gasteiger partial charge is 0.255 e. The number of aryl methyl sites for hydroxylation is 1. The zero-order chi connectivity index (χ0) is 22.5. The first kappa shape index (κ1) is 21.2. The van der Waals surface area contributed by atoms with Crippen molar-refractivity contribution in [1.29, 1.82) is 0 Å². The maximum Gasteiger partial charge on any atom is 0.255 e. The Morgan fingerprint density at radius 3 is 2.41 bits per heavy atom. The third-order valence-corrected chi connectivity index (χ3v) is 5.30. The van der Waals surface area contributed by atoms with E-state index in [9.17, 15) is 4.79 Å². The van der Waals surface area contributed by atoms with Gasteiger partial charge in [0.1, 0.15) is 5.69 Å². The minimum Gasteiger partial charge on any atom is -0.493 e. The Hall–Kier alpha value is -4.06. The van der Waals surface area contributed by atoms with E-state index >= 15 is 0 Å². The van der Waals surface area contributed by atoms with Gasteiger partial charge in [-0.1, -0.05) is 54.6 Å². The number of para-hydroxylation sites is 2. The highest BCUT2D eigenvalue weighted by molar-refractivity contribution is 6.00. The van der Waals surface area contributed by atoms with Crippen molar-refractivity contribution in [2.24, 2.45) is 0 Å². The second-order valence-corrected chi connectivity index (χ2v) is 7.32. The lowest BCUT2D eigenvalue weighted by atomic mass is 10.0. The number of nitrogens with zero attached hydrogens (tertiary/aromatic N) is 2. The number of nitrogens with one attached hydrogen (secondary N) is 1. The van der Waals surface area contributed by atoms with Gasteiger partial charge in [0.25, 0.3) is 5.91 Å². The summed E-state index contributed by atoms with van der Waals surface area (Å²) in [4.78, 5) is 13.3. The summed E-state index contributed by atoms with van der Waals surface area (Å²) >= 11 is 0. The summed E-state index contributed by atoms with van der Waals surface area (Å²) in [6.45, 7) is 2.31. The molecule has 0 saturated heterocycles. The number of hydrogen-bond donors (Lipinski definition) is 1. The maximum absolute atomic E-state index is 13.3. The fraction of sp³-hybridized carbons (Fsp3) is 0.154. The van der Waals surface area contributed by atoms with Crippen molar-refractivity contribution in [3.05, 3.63) is 95.7 Å². The maximum atomic E-state index is 13.3. The van der Waals surface area contributed by atoms with Crippen LogP contribution in [0.5, 0.6) is 11.5 Å². The highest BCUT2D eigenvalue weighted by atomic mass is 16.5. The van der Waals surface area contributed by atoms with Gasteiger partial charge in [-0.2, -0.15) is 5.10 Å². The van der Waals surface area contributed by atoms with Crippen LogP contribution in [0.4, 0.5) is 0 Å². The fourth-order valence-electron chi connectivity index (χ4n) is 3.65. The summed E-state index contributed by atoms with van der Waals surface area (Å²) in [7, 11) is 3.18. The number of ether oxygens (including phenoxy) is 2. The minimum atomic E-state index is -0.213. The zero-order valence-electron chi connectivity index (χ0n) is 18.3. The molecule has 0 aliphatic rings. The number of methoxy groups -OCH3 is 2. The summed E-state index contributed by atoms with van der Waals surface area (Å²) in [6.07, 6.45) is 1.77. The average Bonchev–Trinajstić information content (AvgIpc) is 3.28. The molecule has 162 valence electrons. The Morgan fingerprint density at radius 1 is 0.938 bits per heavy atom. The third kappa shape index (κ3) is 4.21. The lowest BCUT2D eigenvalue weighted by Gasteiger charge is -2.13. The van der Waals surface area contributed by atoms with Gasteiger partial charge < -0.3 is 14.8 Å². The summed E-state index contributed by atoms with van der Waals surface area (Å²) in [5.41, 5.74) is 4.83. The van der Waals surface area contributed by atoms with Crippen LogP contribution in [0.2, 0.25) is 0 Å². The predicted octanol–water partition coefficient (Wildman–Crippen LogP) is 4.79. The summed E-state index contributed by atoms with van der Waals surface area (Å²) in [6, 6.07) is 23.3. The van der Waals surface area contributed by atoms with Crippen LogP contribution in [0.1, 0.15) is 21.5 Å². The van der Waals surface area contributed by atoms with E-state index in [0.717, 1.165) is 22.4 Å². The highest BCUT2D eigenvalue weighted by Crippen LogP contribution is 2.31. The quantitative estimate of drug-likeness (QED) is 0.460. The van der Waals surface area contributed by atoms with E-state index < -0.39 is 0 Å². The number of hydrogen-bond acceptors (Lipinski definition) is 4. The van der Waals surface area contributed by atoms with Crippen LogP contribution in [0.25, 0.3) is 16.9 Å². The van der Waals surface area contributed by atoms with E-state index in [4.69, 9.17) is 14.6 Å². The second-order valence-electron chi connectivity index (χ2n) is 7.32. The van der Waals surface area contributed by atoms with Crippen molar-refractivity contribution in [2.75, 3.05) is 14.2 Å². The van der Waals surface area contributed by atoms with Crippen molar-refractivity contribution in [3.8, 4) is 28.4 Å². The van der Waals surface area contributed by atoms with Gasteiger partial charge in [-0.3, -0.25) is 4.79 Å². The molecule has 1 amide bonds. The van der Waals surface area contributed by atoms with E-state index in [-0.39, 0.29) is 5.91 Å². The molecule has 1 aromatic heterocycles. The molecule has 0 bridgehead atoms. The van der Waals surface area contributed by atoms with Gasteiger partial charge in [0, 0.05) is 23.9 Å². The molecular formula is C26H25N3O3. The third-order valence-electron chi connectivity index (χ3n) is 5.30. The van der Waals surface area contributed by atoms with Crippen LogP contribution < -0.4 is 14.8 Å². The molecule has 0 aliphatic carbocycles. The van der Waals surface area contributed by atoms with Crippen LogP contribution >= 0.6 is 0 Å². The topological polar surface area (TPSA) is 65.4 Å². The van der Waals surface area contributed by atoms with E-state index in [0.29, 0.717) is 29.3 Å². The Kier molecular flexibility index (Phi) is 6.22. The lowest BCUT2D eigenvalue weighted by Crippen LogP contribution is -2.23. The average molecular weight is 428 g/mol. The number of carbonyl (C=O) groups is 1. The first-order valence-corrected chi connectivity index (χ1v) is 10.3. The summed E-state index contributed by atoms with van der Waals surface area (Å²) in [5, 5.41) is 7.77. The van der Waals surface area contributed by atoms with Crippen molar-refractivity contribution in [1.82, 2.24) is 15.1 Å². The van der Waals surface area contributed by atoms with E-state index in [1.54, 1.807) is 25.1 Å². The van der Waals surface area contributed by atoms with E-state index in [2.05, 4.69) is 5.32 Å². The minimum absolute atomic E-state index is 0.213. The molecule has 0 atom stereocenters. The number of aromatic nitrogens is 2. The Bertz CT molecular complexity index is 1230. The molecule has 6 nitrogen and oxygen atoms in total. The number of amides is 1. The number of carbonyl (C=O) groups excluding carboxylic acids is 1. The fourth-order valence-corrected chi connectivity index (χ4v) is 3.65. The Labute approximate surface area is 187 Å². The number of benzene rings is 3. The molecule has 0 aliphatic heterocycles. The molecule has 6 heteroatoms. The van der Waals surface area contributed by atoms with Gasteiger partial charge in [-0.15, -0.1) is 0 Å². The zero-order valence-corrected chi connectivity index (χ0v) is 18.3.